The van der Waals surface area contributed by atoms with Crippen LogP contribution in [0.25, 0.3) is 5.57 Å². The van der Waals surface area contributed by atoms with Gasteiger partial charge in [-0.1, -0.05) is 65.2 Å². The van der Waals surface area contributed by atoms with E-state index in [4.69, 9.17) is 0 Å². The van der Waals surface area contributed by atoms with Crippen LogP contribution in [0.15, 0.2) is 66.4 Å². The third kappa shape index (κ3) is 3.77. The molecule has 31 heavy (non-hydrogen) atoms. The second kappa shape index (κ2) is 7.88. The van der Waals surface area contributed by atoms with Gasteiger partial charge in [0.2, 0.25) is 0 Å². The van der Waals surface area contributed by atoms with Crippen LogP contribution in [-0.4, -0.2) is 11.8 Å². The lowest BCUT2D eigenvalue weighted by atomic mass is 10.0. The molecule has 2 amide bonds. The third-order valence-corrected chi connectivity index (χ3v) is 5.66. The van der Waals surface area contributed by atoms with Gasteiger partial charge in [-0.25, -0.2) is 4.90 Å². The van der Waals surface area contributed by atoms with Gasteiger partial charge in [0.25, 0.3) is 11.8 Å². The summed E-state index contributed by atoms with van der Waals surface area (Å²) in [5.41, 5.74) is 8.07. The minimum absolute atomic E-state index is 0.306. The Labute approximate surface area is 183 Å². The molecule has 4 heteroatoms. The van der Waals surface area contributed by atoms with Crippen molar-refractivity contribution in [3.63, 3.8) is 0 Å². The van der Waals surface area contributed by atoms with Gasteiger partial charge in [-0.2, -0.15) is 0 Å². The highest BCUT2D eigenvalue weighted by Gasteiger charge is 2.40. The Hall–Kier alpha value is -3.66. The van der Waals surface area contributed by atoms with E-state index in [2.05, 4.69) is 11.4 Å². The van der Waals surface area contributed by atoms with Gasteiger partial charge >= 0.3 is 0 Å². The summed E-state index contributed by atoms with van der Waals surface area (Å²) < 4.78 is 0. The van der Waals surface area contributed by atoms with Gasteiger partial charge in [0.05, 0.1) is 11.3 Å². The van der Waals surface area contributed by atoms with Gasteiger partial charge in [-0.15, -0.1) is 0 Å². The van der Waals surface area contributed by atoms with E-state index in [1.165, 1.54) is 4.90 Å². The number of carbonyl (C=O) groups excluding carboxylic acids is 2. The molecule has 0 unspecified atom stereocenters. The number of amides is 2. The molecule has 0 radical (unpaired) electrons. The van der Waals surface area contributed by atoms with Crippen LogP contribution in [0.3, 0.4) is 0 Å². The first-order valence-electron chi connectivity index (χ1n) is 10.4. The van der Waals surface area contributed by atoms with Gasteiger partial charge in [-0.3, -0.25) is 9.59 Å². The number of nitrogens with one attached hydrogen (secondary N) is 1. The fourth-order valence-electron chi connectivity index (χ4n) is 4.00. The maximum absolute atomic E-state index is 13.6. The highest BCUT2D eigenvalue weighted by Crippen LogP contribution is 2.35. The van der Waals surface area contributed by atoms with E-state index in [1.807, 2.05) is 89.2 Å². The molecule has 0 bridgehead atoms. The maximum Gasteiger partial charge on any atom is 0.282 e. The van der Waals surface area contributed by atoms with Crippen molar-refractivity contribution < 1.29 is 9.59 Å². The van der Waals surface area contributed by atoms with Crippen LogP contribution in [0.5, 0.6) is 0 Å². The van der Waals surface area contributed by atoms with Crippen molar-refractivity contribution in [3.8, 4) is 0 Å². The van der Waals surface area contributed by atoms with Gasteiger partial charge in [-0.05, 0) is 63.4 Å². The molecule has 156 valence electrons. The number of anilines is 2. The number of hydrogen-bond donors (Lipinski definition) is 1. The minimum atomic E-state index is -0.340. The van der Waals surface area contributed by atoms with E-state index in [0.29, 0.717) is 17.0 Å². The van der Waals surface area contributed by atoms with Crippen molar-refractivity contribution in [3.05, 3.63) is 99.7 Å². The Morgan fingerprint density at radius 3 is 1.84 bits per heavy atom. The van der Waals surface area contributed by atoms with E-state index < -0.39 is 0 Å². The molecule has 0 saturated heterocycles. The predicted octanol–water partition coefficient (Wildman–Crippen LogP) is 5.63. The van der Waals surface area contributed by atoms with Gasteiger partial charge in [0.1, 0.15) is 5.70 Å². The number of aryl methyl sites for hydroxylation is 5. The standard InChI is InChI=1S/C27H26N2O2/c1-16-6-10-21(11-7-16)24-25(28-22-12-8-17(2)14-19(22)4)27(31)29(26(24)30)23-13-9-18(3)15-20(23)5/h6-15,28H,1-5H3. The zero-order valence-electron chi connectivity index (χ0n) is 18.5. The molecular formula is C27H26N2O2. The lowest BCUT2D eigenvalue weighted by molar-refractivity contribution is -0.120. The first-order valence-corrected chi connectivity index (χ1v) is 10.4. The molecule has 0 fully saturated rings. The smallest absolute Gasteiger partial charge is 0.282 e. The topological polar surface area (TPSA) is 49.4 Å². The summed E-state index contributed by atoms with van der Waals surface area (Å²) >= 11 is 0. The van der Waals surface area contributed by atoms with Crippen molar-refractivity contribution in [2.75, 3.05) is 10.2 Å². The summed E-state index contributed by atoms with van der Waals surface area (Å²) in [7, 11) is 0. The molecule has 0 aliphatic carbocycles. The molecule has 1 N–H and O–H groups in total. The van der Waals surface area contributed by atoms with Crippen LogP contribution < -0.4 is 10.2 Å². The molecule has 1 heterocycles. The largest absolute Gasteiger partial charge is 0.350 e. The molecular weight excluding hydrogens is 384 g/mol. The molecule has 1 aliphatic rings. The van der Waals surface area contributed by atoms with Crippen molar-refractivity contribution in [2.24, 2.45) is 0 Å². The van der Waals surface area contributed by atoms with E-state index in [-0.39, 0.29) is 11.8 Å². The zero-order chi connectivity index (χ0) is 22.3. The van der Waals surface area contributed by atoms with Crippen molar-refractivity contribution in [1.82, 2.24) is 0 Å². The summed E-state index contributed by atoms with van der Waals surface area (Å²) in [4.78, 5) is 28.4. The fraction of sp³-hybridized carbons (Fsp3) is 0.185. The molecule has 4 rings (SSSR count). The molecule has 0 saturated carbocycles. The Morgan fingerprint density at radius 2 is 1.23 bits per heavy atom. The Bertz CT molecular complexity index is 1240. The van der Waals surface area contributed by atoms with E-state index in [0.717, 1.165) is 39.1 Å². The van der Waals surface area contributed by atoms with Gasteiger partial charge in [0.15, 0.2) is 0 Å². The molecule has 0 aromatic heterocycles. The monoisotopic (exact) mass is 410 g/mol. The normalized spacial score (nSPS) is 13.9. The fourth-order valence-corrected chi connectivity index (χ4v) is 4.00. The van der Waals surface area contributed by atoms with E-state index >= 15 is 0 Å². The number of rotatable bonds is 4. The highest BCUT2D eigenvalue weighted by atomic mass is 16.2. The average molecular weight is 411 g/mol. The summed E-state index contributed by atoms with van der Waals surface area (Å²) in [5.74, 6) is -0.652. The minimum Gasteiger partial charge on any atom is -0.350 e. The van der Waals surface area contributed by atoms with Crippen LogP contribution in [-0.2, 0) is 9.59 Å². The average Bonchev–Trinajstić information content (AvgIpc) is 2.95. The molecule has 0 spiro atoms. The summed E-state index contributed by atoms with van der Waals surface area (Å²) in [5, 5.41) is 3.28. The second-order valence-electron chi connectivity index (χ2n) is 8.30. The molecule has 3 aromatic carbocycles. The third-order valence-electron chi connectivity index (χ3n) is 5.66. The van der Waals surface area contributed by atoms with E-state index in [9.17, 15) is 9.59 Å². The number of nitrogens with zero attached hydrogens (tertiary/aromatic N) is 1. The van der Waals surface area contributed by atoms with E-state index in [1.54, 1.807) is 0 Å². The van der Waals surface area contributed by atoms with Crippen LogP contribution in [0.2, 0.25) is 0 Å². The highest BCUT2D eigenvalue weighted by molar-refractivity contribution is 6.46. The van der Waals surface area contributed by atoms with Crippen LogP contribution in [0, 0.1) is 34.6 Å². The lowest BCUT2D eigenvalue weighted by Gasteiger charge is -2.18. The predicted molar refractivity (Wildman–Crippen MR) is 126 cm³/mol. The number of hydrogen-bond acceptors (Lipinski definition) is 3. The number of benzene rings is 3. The molecule has 3 aromatic rings. The Morgan fingerprint density at radius 1 is 0.645 bits per heavy atom. The zero-order valence-corrected chi connectivity index (χ0v) is 18.5. The van der Waals surface area contributed by atoms with Gasteiger partial charge < -0.3 is 5.32 Å². The van der Waals surface area contributed by atoms with Crippen LogP contribution in [0.4, 0.5) is 11.4 Å². The van der Waals surface area contributed by atoms with Crippen molar-refractivity contribution in [2.45, 2.75) is 34.6 Å². The molecule has 4 nitrogen and oxygen atoms in total. The van der Waals surface area contributed by atoms with Crippen molar-refractivity contribution in [1.29, 1.82) is 0 Å². The number of imide groups is 1. The maximum atomic E-state index is 13.6. The Kier molecular flexibility index (Phi) is 5.24. The molecule has 0 atom stereocenters. The molecule has 1 aliphatic heterocycles. The summed E-state index contributed by atoms with van der Waals surface area (Å²) in [6, 6.07) is 19.4. The summed E-state index contributed by atoms with van der Waals surface area (Å²) in [6.45, 7) is 9.93. The second-order valence-corrected chi connectivity index (χ2v) is 8.30. The van der Waals surface area contributed by atoms with Gasteiger partial charge in [0, 0.05) is 5.69 Å². The SMILES string of the molecule is Cc1ccc(C2=C(Nc3ccc(C)cc3C)C(=O)N(c3ccc(C)cc3C)C2=O)cc1. The van der Waals surface area contributed by atoms with Crippen LogP contribution >= 0.6 is 0 Å². The number of carbonyl (C=O) groups is 2. The quantitative estimate of drug-likeness (QED) is 0.568. The summed E-state index contributed by atoms with van der Waals surface area (Å²) in [6.07, 6.45) is 0. The van der Waals surface area contributed by atoms with Crippen LogP contribution in [0.1, 0.15) is 33.4 Å². The lowest BCUT2D eigenvalue weighted by Crippen LogP contribution is -2.33. The first-order chi connectivity index (χ1) is 14.8. The first kappa shape index (κ1) is 20.6. The Balaban J connectivity index is 1.85. The van der Waals surface area contributed by atoms with Crippen molar-refractivity contribution >= 4 is 28.8 Å².